The van der Waals surface area contributed by atoms with Crippen LogP contribution in [0.5, 0.6) is 0 Å². The van der Waals surface area contributed by atoms with Crippen LogP contribution in [0.3, 0.4) is 0 Å². The normalized spacial score (nSPS) is 24.8. The molecule has 0 radical (unpaired) electrons. The third kappa shape index (κ3) is 2.54. The second kappa shape index (κ2) is 4.88. The highest BCUT2D eigenvalue weighted by atomic mass is 32.2. The molecule has 1 aromatic heterocycles. The SMILES string of the molecule is Cc1cc(S(=O)(=O)N2CC(C)C(C(=O)O)C2)c(C)s1. The van der Waals surface area contributed by atoms with Crippen LogP contribution in [0.25, 0.3) is 0 Å². The molecular formula is C12H17NO4S2. The number of rotatable bonds is 3. The quantitative estimate of drug-likeness (QED) is 0.922. The van der Waals surface area contributed by atoms with E-state index < -0.39 is 21.9 Å². The molecule has 0 bridgehead atoms. The number of carbonyl (C=O) groups is 1. The molecule has 2 unspecified atom stereocenters. The first kappa shape index (κ1) is 14.5. The van der Waals surface area contributed by atoms with Gasteiger partial charge in [0.2, 0.25) is 10.0 Å². The van der Waals surface area contributed by atoms with Crippen molar-refractivity contribution in [1.82, 2.24) is 4.31 Å². The van der Waals surface area contributed by atoms with Crippen LogP contribution >= 0.6 is 11.3 Å². The predicted molar refractivity (Wildman–Crippen MR) is 72.8 cm³/mol. The molecule has 1 aliphatic rings. The van der Waals surface area contributed by atoms with Gasteiger partial charge in [0.1, 0.15) is 0 Å². The Morgan fingerprint density at radius 3 is 2.47 bits per heavy atom. The summed E-state index contributed by atoms with van der Waals surface area (Å²) in [6.45, 7) is 5.75. The number of thiophene rings is 1. The van der Waals surface area contributed by atoms with Crippen LogP contribution in [-0.4, -0.2) is 36.9 Å². The number of aryl methyl sites for hydroxylation is 2. The first-order chi connectivity index (χ1) is 8.73. The minimum absolute atomic E-state index is 0.0627. The Labute approximate surface area is 116 Å². The van der Waals surface area contributed by atoms with Crippen molar-refractivity contribution in [2.75, 3.05) is 13.1 Å². The van der Waals surface area contributed by atoms with Gasteiger partial charge in [-0.05, 0) is 25.8 Å². The zero-order chi connectivity index (χ0) is 14.4. The lowest BCUT2D eigenvalue weighted by atomic mass is 9.99. The van der Waals surface area contributed by atoms with E-state index in [-0.39, 0.29) is 19.0 Å². The molecule has 19 heavy (non-hydrogen) atoms. The van der Waals surface area contributed by atoms with Gasteiger partial charge in [-0.3, -0.25) is 4.79 Å². The smallest absolute Gasteiger partial charge is 0.308 e. The van der Waals surface area contributed by atoms with Crippen molar-refractivity contribution in [3.8, 4) is 0 Å². The van der Waals surface area contributed by atoms with Crippen molar-refractivity contribution in [2.24, 2.45) is 11.8 Å². The first-order valence-electron chi connectivity index (χ1n) is 6.03. The van der Waals surface area contributed by atoms with E-state index in [1.807, 2.05) is 6.92 Å². The van der Waals surface area contributed by atoms with Gasteiger partial charge in [-0.2, -0.15) is 4.31 Å². The largest absolute Gasteiger partial charge is 0.481 e. The van der Waals surface area contributed by atoms with Crippen LogP contribution in [0.15, 0.2) is 11.0 Å². The summed E-state index contributed by atoms with van der Waals surface area (Å²) in [4.78, 5) is 13.1. The summed E-state index contributed by atoms with van der Waals surface area (Å²) >= 11 is 1.44. The summed E-state index contributed by atoms with van der Waals surface area (Å²) in [6, 6.07) is 1.66. The Morgan fingerprint density at radius 1 is 1.42 bits per heavy atom. The van der Waals surface area contributed by atoms with Crippen LogP contribution in [-0.2, 0) is 14.8 Å². The molecule has 0 amide bonds. The Balaban J connectivity index is 2.32. The minimum Gasteiger partial charge on any atom is -0.481 e. The fraction of sp³-hybridized carbons (Fsp3) is 0.583. The Hall–Kier alpha value is -0.920. The molecule has 0 saturated carbocycles. The van der Waals surface area contributed by atoms with E-state index in [1.54, 1.807) is 19.9 Å². The molecule has 1 saturated heterocycles. The second-order valence-electron chi connectivity index (χ2n) is 5.02. The lowest BCUT2D eigenvalue weighted by Gasteiger charge is -2.15. The number of carboxylic acid groups (broad SMARTS) is 1. The molecule has 0 spiro atoms. The van der Waals surface area contributed by atoms with E-state index in [0.717, 1.165) is 9.75 Å². The third-order valence-electron chi connectivity index (χ3n) is 3.51. The maximum absolute atomic E-state index is 12.5. The zero-order valence-electron chi connectivity index (χ0n) is 11.1. The van der Waals surface area contributed by atoms with Gasteiger partial charge in [-0.15, -0.1) is 11.3 Å². The van der Waals surface area contributed by atoms with Crippen LogP contribution in [0.2, 0.25) is 0 Å². The average Bonchev–Trinajstić information content (AvgIpc) is 2.82. The van der Waals surface area contributed by atoms with Gasteiger partial charge in [0, 0.05) is 22.8 Å². The molecule has 106 valence electrons. The van der Waals surface area contributed by atoms with Gasteiger partial charge in [0.15, 0.2) is 0 Å². The van der Waals surface area contributed by atoms with Gasteiger partial charge in [-0.25, -0.2) is 8.42 Å². The topological polar surface area (TPSA) is 74.7 Å². The van der Waals surface area contributed by atoms with Gasteiger partial charge < -0.3 is 5.11 Å². The number of hydrogen-bond acceptors (Lipinski definition) is 4. The van der Waals surface area contributed by atoms with Crippen LogP contribution in [0, 0.1) is 25.7 Å². The van der Waals surface area contributed by atoms with Gasteiger partial charge in [0.25, 0.3) is 0 Å². The average molecular weight is 303 g/mol. The molecule has 1 aromatic rings. The number of aliphatic carboxylic acids is 1. The Kier molecular flexibility index (Phi) is 3.72. The monoisotopic (exact) mass is 303 g/mol. The van der Waals surface area contributed by atoms with E-state index in [0.29, 0.717) is 4.90 Å². The molecule has 2 rings (SSSR count). The van der Waals surface area contributed by atoms with Crippen LogP contribution in [0.4, 0.5) is 0 Å². The van der Waals surface area contributed by atoms with Gasteiger partial charge >= 0.3 is 5.97 Å². The molecular weight excluding hydrogens is 286 g/mol. The third-order valence-corrected chi connectivity index (χ3v) is 6.56. The van der Waals surface area contributed by atoms with Crippen molar-refractivity contribution < 1.29 is 18.3 Å². The fourth-order valence-corrected chi connectivity index (χ4v) is 5.53. The Morgan fingerprint density at radius 2 is 2.05 bits per heavy atom. The lowest BCUT2D eigenvalue weighted by Crippen LogP contribution is -2.30. The summed E-state index contributed by atoms with van der Waals surface area (Å²) in [5.41, 5.74) is 0. The molecule has 0 aromatic carbocycles. The molecule has 2 heterocycles. The molecule has 0 aliphatic carbocycles. The second-order valence-corrected chi connectivity index (χ2v) is 8.39. The maximum atomic E-state index is 12.5. The Bertz CT molecular complexity index is 605. The van der Waals surface area contributed by atoms with E-state index in [4.69, 9.17) is 5.11 Å². The molecule has 1 fully saturated rings. The van der Waals surface area contributed by atoms with Crippen molar-refractivity contribution in [3.05, 3.63) is 15.8 Å². The van der Waals surface area contributed by atoms with Crippen molar-refractivity contribution in [2.45, 2.75) is 25.7 Å². The summed E-state index contributed by atoms with van der Waals surface area (Å²) in [7, 11) is -3.57. The lowest BCUT2D eigenvalue weighted by molar-refractivity contribution is -0.142. The number of carboxylic acids is 1. The number of nitrogens with zero attached hydrogens (tertiary/aromatic N) is 1. The van der Waals surface area contributed by atoms with Gasteiger partial charge in [0.05, 0.1) is 10.8 Å². The fourth-order valence-electron chi connectivity index (χ4n) is 2.44. The molecule has 7 heteroatoms. The number of hydrogen-bond donors (Lipinski definition) is 1. The first-order valence-corrected chi connectivity index (χ1v) is 8.29. The van der Waals surface area contributed by atoms with E-state index in [9.17, 15) is 13.2 Å². The van der Waals surface area contributed by atoms with E-state index in [1.165, 1.54) is 15.6 Å². The number of sulfonamides is 1. The summed E-state index contributed by atoms with van der Waals surface area (Å²) in [6.07, 6.45) is 0. The van der Waals surface area contributed by atoms with E-state index in [2.05, 4.69) is 0 Å². The summed E-state index contributed by atoms with van der Waals surface area (Å²) < 4.78 is 26.3. The highest BCUT2D eigenvalue weighted by Gasteiger charge is 2.41. The zero-order valence-corrected chi connectivity index (χ0v) is 12.7. The molecule has 1 N–H and O–H groups in total. The standard InChI is InChI=1S/C12H17NO4S2/c1-7-5-13(6-10(7)12(14)15)19(16,17)11-4-8(2)18-9(11)3/h4,7,10H,5-6H2,1-3H3,(H,14,15). The van der Waals surface area contributed by atoms with Crippen LogP contribution < -0.4 is 0 Å². The summed E-state index contributed by atoms with van der Waals surface area (Å²) in [5.74, 6) is -1.70. The maximum Gasteiger partial charge on any atom is 0.308 e. The predicted octanol–water partition coefficient (Wildman–Crippen LogP) is 1.71. The molecule has 5 nitrogen and oxygen atoms in total. The van der Waals surface area contributed by atoms with Crippen molar-refractivity contribution >= 4 is 27.3 Å². The molecule has 2 atom stereocenters. The van der Waals surface area contributed by atoms with Crippen LogP contribution in [0.1, 0.15) is 16.7 Å². The van der Waals surface area contributed by atoms with Gasteiger partial charge in [-0.1, -0.05) is 6.92 Å². The van der Waals surface area contributed by atoms with E-state index >= 15 is 0 Å². The van der Waals surface area contributed by atoms with Crippen molar-refractivity contribution in [1.29, 1.82) is 0 Å². The highest BCUT2D eigenvalue weighted by molar-refractivity contribution is 7.89. The molecule has 1 aliphatic heterocycles. The highest BCUT2D eigenvalue weighted by Crippen LogP contribution is 2.32. The van der Waals surface area contributed by atoms with Crippen molar-refractivity contribution in [3.63, 3.8) is 0 Å². The minimum atomic E-state index is -3.57. The summed E-state index contributed by atoms with van der Waals surface area (Å²) in [5, 5.41) is 9.08.